The number of amides is 1. The largest absolute Gasteiger partial charge is 0.360 e. The van der Waals surface area contributed by atoms with Gasteiger partial charge in [-0.1, -0.05) is 42.5 Å². The van der Waals surface area contributed by atoms with E-state index < -0.39 is 27.0 Å². The van der Waals surface area contributed by atoms with Crippen LogP contribution in [0.2, 0.25) is 0 Å². The number of hydrazine groups is 1. The van der Waals surface area contributed by atoms with E-state index in [1.165, 1.54) is 30.3 Å². The third-order valence-corrected chi connectivity index (χ3v) is 5.93. The van der Waals surface area contributed by atoms with E-state index in [1.807, 2.05) is 0 Å². The Hall–Kier alpha value is -3.76. The molecule has 1 aliphatic rings. The molecule has 0 aliphatic carbocycles. The highest BCUT2D eigenvalue weighted by atomic mass is 32.2. The van der Waals surface area contributed by atoms with Gasteiger partial charge in [-0.25, -0.2) is 13.4 Å². The van der Waals surface area contributed by atoms with Gasteiger partial charge >= 0.3 is 0 Å². The first-order chi connectivity index (χ1) is 14.4. The van der Waals surface area contributed by atoms with Crippen molar-refractivity contribution in [2.24, 2.45) is 0 Å². The molecule has 1 amide bonds. The second kappa shape index (κ2) is 7.58. The van der Waals surface area contributed by atoms with Crippen molar-refractivity contribution in [3.63, 3.8) is 0 Å². The first kappa shape index (κ1) is 19.6. The van der Waals surface area contributed by atoms with Gasteiger partial charge in [-0.2, -0.15) is 0 Å². The molecule has 1 heterocycles. The number of rotatable bonds is 5. The van der Waals surface area contributed by atoms with Crippen molar-refractivity contribution in [2.45, 2.75) is 11.1 Å². The number of sulfonamides is 1. The Bertz CT molecular complexity index is 1230. The highest BCUT2D eigenvalue weighted by Crippen LogP contribution is 2.33. The van der Waals surface area contributed by atoms with Crippen LogP contribution < -0.4 is 10.1 Å². The summed E-state index contributed by atoms with van der Waals surface area (Å²) in [4.78, 5) is 26.1. The summed E-state index contributed by atoms with van der Waals surface area (Å²) in [5.41, 5.74) is 0.943. The Morgan fingerprint density at radius 1 is 0.967 bits per heavy atom. The Morgan fingerprint density at radius 2 is 1.67 bits per heavy atom. The van der Waals surface area contributed by atoms with Gasteiger partial charge in [0.1, 0.15) is 6.17 Å². The normalized spacial score (nSPS) is 15.9. The van der Waals surface area contributed by atoms with Gasteiger partial charge in [0, 0.05) is 23.4 Å². The maximum Gasteiger partial charge on any atom is 0.273 e. The molecule has 4 rings (SSSR count). The summed E-state index contributed by atoms with van der Waals surface area (Å²) in [6.07, 6.45) is -0.995. The molecule has 9 nitrogen and oxygen atoms in total. The van der Waals surface area contributed by atoms with Crippen LogP contribution >= 0.6 is 0 Å². The van der Waals surface area contributed by atoms with E-state index in [9.17, 15) is 23.3 Å². The fourth-order valence-electron chi connectivity index (χ4n) is 3.17. The van der Waals surface area contributed by atoms with Crippen LogP contribution in [0.5, 0.6) is 0 Å². The monoisotopic (exact) mass is 424 g/mol. The summed E-state index contributed by atoms with van der Waals surface area (Å²) in [5.74, 6) is -0.583. The lowest BCUT2D eigenvalue weighted by atomic mass is 10.0. The van der Waals surface area contributed by atoms with E-state index in [0.29, 0.717) is 11.3 Å². The lowest BCUT2D eigenvalue weighted by Crippen LogP contribution is -2.52. The van der Waals surface area contributed by atoms with E-state index >= 15 is 0 Å². The number of nitro groups is 1. The minimum Gasteiger partial charge on any atom is -0.360 e. The van der Waals surface area contributed by atoms with Gasteiger partial charge in [-0.05, 0) is 24.3 Å². The second-order valence-electron chi connectivity index (χ2n) is 6.53. The molecule has 1 atom stereocenters. The SMILES string of the molecule is O=C1c2ccccc2NC(c2cccc([N+](=O)[O-])c2)N1NS(=O)(=O)c1ccccc1. The quantitative estimate of drug-likeness (QED) is 0.480. The number of nitrogens with zero attached hydrogens (tertiary/aromatic N) is 2. The lowest BCUT2D eigenvalue weighted by Gasteiger charge is -2.37. The molecule has 0 fully saturated rings. The molecule has 1 unspecified atom stereocenters. The van der Waals surface area contributed by atoms with Crippen LogP contribution in [0.15, 0.2) is 83.8 Å². The molecule has 0 bridgehead atoms. The zero-order chi connectivity index (χ0) is 21.3. The predicted molar refractivity (Wildman–Crippen MR) is 109 cm³/mol. The highest BCUT2D eigenvalue weighted by molar-refractivity contribution is 7.89. The molecule has 2 N–H and O–H groups in total. The van der Waals surface area contributed by atoms with Crippen molar-refractivity contribution in [3.8, 4) is 0 Å². The van der Waals surface area contributed by atoms with E-state index in [4.69, 9.17) is 0 Å². The van der Waals surface area contributed by atoms with Gasteiger partial charge in [-0.3, -0.25) is 14.9 Å². The van der Waals surface area contributed by atoms with Crippen LogP contribution in [0.3, 0.4) is 0 Å². The third-order valence-electron chi connectivity index (χ3n) is 4.60. The van der Waals surface area contributed by atoms with Crippen LogP contribution in [-0.2, 0) is 10.0 Å². The van der Waals surface area contributed by atoms with Gasteiger partial charge in [0.05, 0.1) is 15.4 Å². The summed E-state index contributed by atoms with van der Waals surface area (Å²) >= 11 is 0. The lowest BCUT2D eigenvalue weighted by molar-refractivity contribution is -0.384. The van der Waals surface area contributed by atoms with E-state index in [2.05, 4.69) is 10.1 Å². The Balaban J connectivity index is 1.79. The topological polar surface area (TPSA) is 122 Å². The zero-order valence-corrected chi connectivity index (χ0v) is 16.2. The van der Waals surface area contributed by atoms with Crippen molar-refractivity contribution >= 4 is 27.3 Å². The van der Waals surface area contributed by atoms with Crippen LogP contribution in [0.4, 0.5) is 11.4 Å². The fraction of sp³-hybridized carbons (Fsp3) is 0.0500. The number of fused-ring (bicyclic) bond motifs is 1. The molecule has 0 saturated heterocycles. The van der Waals surface area contributed by atoms with Crippen LogP contribution in [0.1, 0.15) is 22.1 Å². The Kier molecular flexibility index (Phi) is 4.94. The van der Waals surface area contributed by atoms with Crippen molar-refractivity contribution in [3.05, 3.63) is 100 Å². The number of benzene rings is 3. The van der Waals surface area contributed by atoms with Crippen molar-refractivity contribution < 1.29 is 18.1 Å². The molecule has 3 aromatic carbocycles. The minimum absolute atomic E-state index is 0.0190. The maximum atomic E-state index is 13.2. The molecular weight excluding hydrogens is 408 g/mol. The van der Waals surface area contributed by atoms with Gasteiger partial charge in [0.25, 0.3) is 21.6 Å². The zero-order valence-electron chi connectivity index (χ0n) is 15.4. The minimum atomic E-state index is -4.08. The number of non-ortho nitro benzene ring substituents is 1. The number of anilines is 1. The van der Waals surface area contributed by atoms with Gasteiger partial charge in [0.15, 0.2) is 0 Å². The van der Waals surface area contributed by atoms with Crippen molar-refractivity contribution in [1.29, 1.82) is 0 Å². The van der Waals surface area contributed by atoms with E-state index in [0.717, 1.165) is 5.01 Å². The first-order valence-corrected chi connectivity index (χ1v) is 10.4. The summed E-state index contributed by atoms with van der Waals surface area (Å²) in [7, 11) is -4.08. The molecule has 0 radical (unpaired) electrons. The summed E-state index contributed by atoms with van der Waals surface area (Å²) in [6.45, 7) is 0. The molecular formula is C20H16N4O5S. The maximum absolute atomic E-state index is 13.2. The number of nitrogens with one attached hydrogen (secondary N) is 2. The van der Waals surface area contributed by atoms with E-state index in [-0.39, 0.29) is 16.1 Å². The molecule has 0 saturated carbocycles. The fourth-order valence-corrected chi connectivity index (χ4v) is 4.24. The third kappa shape index (κ3) is 3.61. The molecule has 0 aromatic heterocycles. The molecule has 0 spiro atoms. The predicted octanol–water partition coefficient (Wildman–Crippen LogP) is 3.05. The van der Waals surface area contributed by atoms with Crippen LogP contribution in [0, 0.1) is 10.1 Å². The Morgan fingerprint density at radius 3 is 2.40 bits per heavy atom. The molecule has 10 heteroatoms. The second-order valence-corrected chi connectivity index (χ2v) is 8.19. The van der Waals surface area contributed by atoms with Crippen LogP contribution in [0.25, 0.3) is 0 Å². The number of nitro benzene ring substituents is 1. The average Bonchev–Trinajstić information content (AvgIpc) is 2.76. The standard InChI is InChI=1S/C20H16N4O5S/c25-20-17-11-4-5-12-18(17)21-19(14-7-6-8-15(13-14)24(26)27)23(20)22-30(28,29)16-9-2-1-3-10-16/h1-13,19,21-22H. The van der Waals surface area contributed by atoms with Crippen LogP contribution in [-0.4, -0.2) is 24.3 Å². The van der Waals surface area contributed by atoms with E-state index in [1.54, 1.807) is 48.5 Å². The molecule has 3 aromatic rings. The number of carbonyl (C=O) groups excluding carboxylic acids is 1. The molecule has 30 heavy (non-hydrogen) atoms. The van der Waals surface area contributed by atoms with Crippen molar-refractivity contribution in [1.82, 2.24) is 9.84 Å². The number of para-hydroxylation sites is 1. The summed E-state index contributed by atoms with van der Waals surface area (Å²) in [5, 5.41) is 15.2. The number of hydrogen-bond acceptors (Lipinski definition) is 6. The van der Waals surface area contributed by atoms with Crippen molar-refractivity contribution in [2.75, 3.05) is 5.32 Å². The summed E-state index contributed by atoms with van der Waals surface area (Å²) in [6, 6.07) is 19.9. The number of carbonyl (C=O) groups is 1. The molecule has 152 valence electrons. The number of hydrogen-bond donors (Lipinski definition) is 2. The average molecular weight is 424 g/mol. The smallest absolute Gasteiger partial charge is 0.273 e. The molecule has 1 aliphatic heterocycles. The van der Waals surface area contributed by atoms with Gasteiger partial charge in [0.2, 0.25) is 0 Å². The van der Waals surface area contributed by atoms with Gasteiger partial charge in [-0.15, -0.1) is 4.83 Å². The summed E-state index contributed by atoms with van der Waals surface area (Å²) < 4.78 is 25.7. The Labute approximate surface area is 172 Å². The highest BCUT2D eigenvalue weighted by Gasteiger charge is 2.36. The van der Waals surface area contributed by atoms with Gasteiger partial charge < -0.3 is 5.32 Å². The first-order valence-electron chi connectivity index (χ1n) is 8.88.